The van der Waals surface area contributed by atoms with Gasteiger partial charge in [0.2, 0.25) is 0 Å². The first-order valence-electron chi connectivity index (χ1n) is 5.00. The minimum absolute atomic E-state index is 0.531. The second kappa shape index (κ2) is 5.78. The van der Waals surface area contributed by atoms with Crippen LogP contribution in [-0.2, 0) is 17.8 Å². The Morgan fingerprint density at radius 1 is 1.21 bits per heavy atom. The molecular weight excluding hydrogens is 174 g/mol. The van der Waals surface area contributed by atoms with Crippen molar-refractivity contribution in [2.45, 2.75) is 26.0 Å². The molecule has 0 aromatic heterocycles. The molecular formula is C12H19NO. The summed E-state index contributed by atoms with van der Waals surface area (Å²) in [4.78, 5) is 0. The molecule has 0 bridgehead atoms. The lowest BCUT2D eigenvalue weighted by atomic mass is 10.1. The van der Waals surface area contributed by atoms with E-state index in [1.54, 1.807) is 7.11 Å². The van der Waals surface area contributed by atoms with Crippen molar-refractivity contribution >= 4 is 0 Å². The van der Waals surface area contributed by atoms with E-state index in [0.717, 1.165) is 6.42 Å². The fourth-order valence-corrected chi connectivity index (χ4v) is 1.39. The number of methoxy groups -OCH3 is 1. The summed E-state index contributed by atoms with van der Waals surface area (Å²) in [6.45, 7) is 2.88. The predicted octanol–water partition coefficient (Wildman–Crippen LogP) is 1.98. The van der Waals surface area contributed by atoms with Crippen molar-refractivity contribution in [3.05, 3.63) is 35.4 Å². The molecule has 1 unspecified atom stereocenters. The summed E-state index contributed by atoms with van der Waals surface area (Å²) in [5.41, 5.74) is 2.60. The van der Waals surface area contributed by atoms with Crippen LogP contribution in [-0.4, -0.2) is 20.2 Å². The van der Waals surface area contributed by atoms with E-state index < -0.39 is 0 Å². The van der Waals surface area contributed by atoms with E-state index in [2.05, 4.69) is 36.5 Å². The number of rotatable bonds is 5. The van der Waals surface area contributed by atoms with Gasteiger partial charge in [0.1, 0.15) is 0 Å². The number of nitrogens with one attached hydrogen (secondary N) is 1. The molecule has 1 aromatic carbocycles. The van der Waals surface area contributed by atoms with Crippen molar-refractivity contribution in [2.24, 2.45) is 0 Å². The molecule has 78 valence electrons. The first-order valence-corrected chi connectivity index (χ1v) is 5.00. The van der Waals surface area contributed by atoms with Crippen molar-refractivity contribution in [1.29, 1.82) is 0 Å². The lowest BCUT2D eigenvalue weighted by molar-refractivity contribution is 0.185. The van der Waals surface area contributed by atoms with Crippen molar-refractivity contribution in [3.63, 3.8) is 0 Å². The standard InChI is InChI=1S/C12H19NO/c1-10(13-2)8-11-4-6-12(7-5-11)9-14-3/h4-7,10,13H,8-9H2,1-3H3. The Hall–Kier alpha value is -0.860. The molecule has 1 aromatic rings. The normalized spacial score (nSPS) is 12.8. The van der Waals surface area contributed by atoms with Gasteiger partial charge in [-0.3, -0.25) is 0 Å². The minimum atomic E-state index is 0.531. The Balaban J connectivity index is 2.54. The molecule has 0 radical (unpaired) electrons. The molecule has 0 saturated carbocycles. The quantitative estimate of drug-likeness (QED) is 0.772. The van der Waals surface area contributed by atoms with Crippen molar-refractivity contribution < 1.29 is 4.74 Å². The van der Waals surface area contributed by atoms with Crippen molar-refractivity contribution in [1.82, 2.24) is 5.32 Å². The topological polar surface area (TPSA) is 21.3 Å². The second-order valence-electron chi connectivity index (χ2n) is 3.64. The zero-order valence-corrected chi connectivity index (χ0v) is 9.21. The Bertz CT molecular complexity index is 256. The third kappa shape index (κ3) is 3.48. The second-order valence-corrected chi connectivity index (χ2v) is 3.64. The molecule has 2 heteroatoms. The van der Waals surface area contributed by atoms with Crippen molar-refractivity contribution in [2.75, 3.05) is 14.2 Å². The zero-order valence-electron chi connectivity index (χ0n) is 9.21. The van der Waals surface area contributed by atoms with Gasteiger partial charge >= 0.3 is 0 Å². The molecule has 0 aliphatic rings. The van der Waals surface area contributed by atoms with Gasteiger partial charge in [-0.25, -0.2) is 0 Å². The fourth-order valence-electron chi connectivity index (χ4n) is 1.39. The molecule has 0 aliphatic carbocycles. The highest BCUT2D eigenvalue weighted by Gasteiger charge is 2.00. The maximum atomic E-state index is 5.06. The molecule has 2 nitrogen and oxygen atoms in total. The van der Waals surface area contributed by atoms with E-state index in [-0.39, 0.29) is 0 Å². The SMILES string of the molecule is CNC(C)Cc1ccc(COC)cc1. The summed E-state index contributed by atoms with van der Waals surface area (Å²) in [5.74, 6) is 0. The predicted molar refractivity (Wildman–Crippen MR) is 59.4 cm³/mol. The van der Waals surface area contributed by atoms with E-state index in [1.807, 2.05) is 7.05 Å². The van der Waals surface area contributed by atoms with Crippen LogP contribution in [0.4, 0.5) is 0 Å². The van der Waals surface area contributed by atoms with Crippen LogP contribution in [0.2, 0.25) is 0 Å². The Morgan fingerprint density at radius 3 is 2.29 bits per heavy atom. The van der Waals surface area contributed by atoms with Gasteiger partial charge in [0.15, 0.2) is 0 Å². The third-order valence-electron chi connectivity index (χ3n) is 2.37. The Labute approximate surface area is 86.3 Å². The number of likely N-dealkylation sites (N-methyl/N-ethyl adjacent to an activating group) is 1. The van der Waals surface area contributed by atoms with Gasteiger partial charge in [0.25, 0.3) is 0 Å². The van der Waals surface area contributed by atoms with Crippen LogP contribution in [0.1, 0.15) is 18.1 Å². The third-order valence-corrected chi connectivity index (χ3v) is 2.37. The summed E-state index contributed by atoms with van der Waals surface area (Å²) in [6, 6.07) is 9.12. The van der Waals surface area contributed by atoms with E-state index >= 15 is 0 Å². The molecule has 0 saturated heterocycles. The van der Waals surface area contributed by atoms with Crippen LogP contribution >= 0.6 is 0 Å². The Morgan fingerprint density at radius 2 is 1.79 bits per heavy atom. The maximum Gasteiger partial charge on any atom is 0.0713 e. The lowest BCUT2D eigenvalue weighted by Crippen LogP contribution is -2.23. The zero-order chi connectivity index (χ0) is 10.4. The van der Waals surface area contributed by atoms with E-state index in [9.17, 15) is 0 Å². The number of ether oxygens (including phenoxy) is 1. The van der Waals surface area contributed by atoms with Gasteiger partial charge < -0.3 is 10.1 Å². The van der Waals surface area contributed by atoms with Crippen LogP contribution in [0.15, 0.2) is 24.3 Å². The number of hydrogen-bond donors (Lipinski definition) is 1. The first kappa shape index (κ1) is 11.2. The molecule has 1 atom stereocenters. The van der Waals surface area contributed by atoms with Crippen LogP contribution in [0.3, 0.4) is 0 Å². The van der Waals surface area contributed by atoms with E-state index in [4.69, 9.17) is 4.74 Å². The van der Waals surface area contributed by atoms with Crippen LogP contribution in [0, 0.1) is 0 Å². The number of hydrogen-bond acceptors (Lipinski definition) is 2. The fraction of sp³-hybridized carbons (Fsp3) is 0.500. The molecule has 1 N–H and O–H groups in total. The molecule has 0 heterocycles. The highest BCUT2D eigenvalue weighted by Crippen LogP contribution is 2.07. The maximum absolute atomic E-state index is 5.06. The highest BCUT2D eigenvalue weighted by atomic mass is 16.5. The molecule has 0 fully saturated rings. The van der Waals surface area contributed by atoms with E-state index in [0.29, 0.717) is 12.6 Å². The Kier molecular flexibility index (Phi) is 4.63. The highest BCUT2D eigenvalue weighted by molar-refractivity contribution is 5.22. The summed E-state index contributed by atoms with van der Waals surface area (Å²) in [5, 5.41) is 3.23. The van der Waals surface area contributed by atoms with Gasteiger partial charge in [-0.15, -0.1) is 0 Å². The number of benzene rings is 1. The molecule has 0 spiro atoms. The monoisotopic (exact) mass is 193 g/mol. The minimum Gasteiger partial charge on any atom is -0.380 e. The van der Waals surface area contributed by atoms with Gasteiger partial charge in [0.05, 0.1) is 6.61 Å². The van der Waals surface area contributed by atoms with Gasteiger partial charge in [-0.2, -0.15) is 0 Å². The molecule has 0 amide bonds. The molecule has 0 aliphatic heterocycles. The van der Waals surface area contributed by atoms with Crippen LogP contribution in [0.5, 0.6) is 0 Å². The lowest BCUT2D eigenvalue weighted by Gasteiger charge is -2.10. The van der Waals surface area contributed by atoms with E-state index in [1.165, 1.54) is 11.1 Å². The summed E-state index contributed by atoms with van der Waals surface area (Å²) < 4.78 is 5.06. The largest absolute Gasteiger partial charge is 0.380 e. The smallest absolute Gasteiger partial charge is 0.0713 e. The summed E-state index contributed by atoms with van der Waals surface area (Å²) in [7, 11) is 3.71. The van der Waals surface area contributed by atoms with Crippen molar-refractivity contribution in [3.8, 4) is 0 Å². The molecule has 14 heavy (non-hydrogen) atoms. The average Bonchev–Trinajstić information content (AvgIpc) is 2.21. The van der Waals surface area contributed by atoms with Crippen LogP contribution < -0.4 is 5.32 Å². The average molecular weight is 193 g/mol. The molecule has 1 rings (SSSR count). The van der Waals surface area contributed by atoms with Gasteiger partial charge in [-0.05, 0) is 31.5 Å². The van der Waals surface area contributed by atoms with Gasteiger partial charge in [-0.1, -0.05) is 24.3 Å². The van der Waals surface area contributed by atoms with Gasteiger partial charge in [0, 0.05) is 13.2 Å². The summed E-state index contributed by atoms with van der Waals surface area (Å²) in [6.07, 6.45) is 1.07. The first-order chi connectivity index (χ1) is 6.76. The van der Waals surface area contributed by atoms with Crippen LogP contribution in [0.25, 0.3) is 0 Å². The summed E-state index contributed by atoms with van der Waals surface area (Å²) >= 11 is 0.